The maximum Gasteiger partial charge on any atom is 0.231 e. The SMILES string of the molecule is CC(=O)C1(c2ccccc2)CCN(C[C@@H]2C[C@@]2(C(=O)NCCc2ccc(F)cc2)c2ccc(F)cc2)CC1. The van der Waals surface area contributed by atoms with Gasteiger partial charge in [0.1, 0.15) is 17.4 Å². The van der Waals surface area contributed by atoms with Crippen molar-refractivity contribution in [2.24, 2.45) is 5.92 Å². The fraction of sp³-hybridized carbons (Fsp3) is 0.375. The van der Waals surface area contributed by atoms with Crippen molar-refractivity contribution in [2.75, 3.05) is 26.2 Å². The largest absolute Gasteiger partial charge is 0.355 e. The fourth-order valence-corrected chi connectivity index (χ4v) is 6.22. The molecule has 1 heterocycles. The molecule has 1 N–H and O–H groups in total. The van der Waals surface area contributed by atoms with Crippen molar-refractivity contribution in [3.05, 3.63) is 107 Å². The number of benzene rings is 3. The van der Waals surface area contributed by atoms with Crippen LogP contribution >= 0.6 is 0 Å². The predicted molar refractivity (Wildman–Crippen MR) is 144 cm³/mol. The van der Waals surface area contributed by atoms with Gasteiger partial charge < -0.3 is 10.2 Å². The third-order valence-corrected chi connectivity index (χ3v) is 8.67. The van der Waals surface area contributed by atoms with Gasteiger partial charge in [0.15, 0.2) is 0 Å². The van der Waals surface area contributed by atoms with Gasteiger partial charge in [0.05, 0.1) is 10.8 Å². The number of hydrogen-bond donors (Lipinski definition) is 1. The standard InChI is InChI=1S/C32H34F2N2O2/c1-23(37)31(25-5-3-2-4-6-25)16-19-36(20-17-31)22-27-21-32(27,26-9-13-29(34)14-10-26)30(38)35-18-15-24-7-11-28(33)12-8-24/h2-14,27H,15-22H2,1H3,(H,35,38)/t27-,32+/m0/s1. The van der Waals surface area contributed by atoms with Crippen molar-refractivity contribution in [2.45, 2.75) is 43.4 Å². The van der Waals surface area contributed by atoms with Gasteiger partial charge >= 0.3 is 0 Å². The molecule has 2 atom stereocenters. The molecule has 1 aliphatic carbocycles. The third-order valence-electron chi connectivity index (χ3n) is 8.67. The van der Waals surface area contributed by atoms with E-state index < -0.39 is 10.8 Å². The summed E-state index contributed by atoms with van der Waals surface area (Å²) in [5.41, 5.74) is 1.73. The van der Waals surface area contributed by atoms with Gasteiger partial charge in [-0.1, -0.05) is 54.6 Å². The quantitative estimate of drug-likeness (QED) is 0.425. The molecule has 1 aliphatic heterocycles. The molecule has 5 rings (SSSR count). The van der Waals surface area contributed by atoms with Gasteiger partial charge in [-0.2, -0.15) is 0 Å². The Balaban J connectivity index is 1.26. The molecule has 0 spiro atoms. The van der Waals surface area contributed by atoms with Crippen LogP contribution in [0.2, 0.25) is 0 Å². The number of halogens is 2. The number of carbonyl (C=O) groups is 2. The van der Waals surface area contributed by atoms with Crippen LogP contribution in [0.1, 0.15) is 42.9 Å². The molecule has 0 bridgehead atoms. The van der Waals surface area contributed by atoms with E-state index in [1.54, 1.807) is 31.2 Å². The summed E-state index contributed by atoms with van der Waals surface area (Å²) >= 11 is 0. The Hall–Kier alpha value is -3.38. The smallest absolute Gasteiger partial charge is 0.231 e. The van der Waals surface area contributed by atoms with E-state index in [0.29, 0.717) is 19.4 Å². The van der Waals surface area contributed by atoms with Gasteiger partial charge in [-0.25, -0.2) is 8.78 Å². The average molecular weight is 517 g/mol. The van der Waals surface area contributed by atoms with Gasteiger partial charge in [0.2, 0.25) is 5.91 Å². The van der Waals surface area contributed by atoms with Crippen LogP contribution in [0, 0.1) is 17.6 Å². The van der Waals surface area contributed by atoms with E-state index in [-0.39, 0.29) is 29.2 Å². The lowest BCUT2D eigenvalue weighted by molar-refractivity contribution is -0.124. The molecule has 1 amide bonds. The molecular formula is C32H34F2N2O2. The van der Waals surface area contributed by atoms with Crippen LogP contribution in [0.5, 0.6) is 0 Å². The molecule has 38 heavy (non-hydrogen) atoms. The van der Waals surface area contributed by atoms with Gasteiger partial charge in [-0.05, 0) is 92.6 Å². The van der Waals surface area contributed by atoms with Gasteiger partial charge in [0, 0.05) is 13.1 Å². The number of nitrogens with one attached hydrogen (secondary N) is 1. The molecule has 198 valence electrons. The van der Waals surface area contributed by atoms with Crippen molar-refractivity contribution in [1.29, 1.82) is 0 Å². The summed E-state index contributed by atoms with van der Waals surface area (Å²) in [6.07, 6.45) is 2.82. The average Bonchev–Trinajstić information content (AvgIpc) is 3.65. The van der Waals surface area contributed by atoms with Gasteiger partial charge in [-0.15, -0.1) is 0 Å². The van der Waals surface area contributed by atoms with E-state index in [4.69, 9.17) is 0 Å². The number of nitrogens with zero attached hydrogens (tertiary/aromatic N) is 1. The number of Topliss-reactive ketones (excluding diaryl/α,β-unsaturated/α-hetero) is 1. The number of hydrogen-bond acceptors (Lipinski definition) is 3. The molecule has 0 unspecified atom stereocenters. The van der Waals surface area contributed by atoms with Crippen molar-refractivity contribution >= 4 is 11.7 Å². The summed E-state index contributed by atoms with van der Waals surface area (Å²) in [5, 5.41) is 3.09. The second kappa shape index (κ2) is 10.8. The first-order valence-electron chi connectivity index (χ1n) is 13.4. The summed E-state index contributed by atoms with van der Waals surface area (Å²) in [6, 6.07) is 22.6. The summed E-state index contributed by atoms with van der Waals surface area (Å²) in [6.45, 7) is 4.47. The van der Waals surface area contributed by atoms with E-state index in [2.05, 4.69) is 10.2 Å². The van der Waals surface area contributed by atoms with Crippen LogP contribution in [0.25, 0.3) is 0 Å². The lowest BCUT2D eigenvalue weighted by Gasteiger charge is -2.41. The first-order valence-corrected chi connectivity index (χ1v) is 13.4. The highest BCUT2D eigenvalue weighted by molar-refractivity contribution is 5.92. The molecule has 3 aromatic carbocycles. The van der Waals surface area contributed by atoms with E-state index in [1.165, 1.54) is 24.3 Å². The van der Waals surface area contributed by atoms with Crippen molar-refractivity contribution < 1.29 is 18.4 Å². The molecule has 0 aromatic heterocycles. The number of rotatable bonds is 9. The normalized spacial score (nSPS) is 22.6. The third kappa shape index (κ3) is 5.14. The number of amides is 1. The first-order chi connectivity index (χ1) is 18.3. The van der Waals surface area contributed by atoms with Crippen LogP contribution < -0.4 is 5.32 Å². The van der Waals surface area contributed by atoms with E-state index >= 15 is 0 Å². The Kier molecular flexibility index (Phi) is 7.44. The molecule has 6 heteroatoms. The van der Waals surface area contributed by atoms with Crippen LogP contribution in [0.3, 0.4) is 0 Å². The van der Waals surface area contributed by atoms with Crippen molar-refractivity contribution in [3.8, 4) is 0 Å². The first kappa shape index (κ1) is 26.2. The number of likely N-dealkylation sites (tertiary alicyclic amines) is 1. The van der Waals surface area contributed by atoms with Crippen LogP contribution in [-0.4, -0.2) is 42.8 Å². The highest BCUT2D eigenvalue weighted by Crippen LogP contribution is 2.55. The zero-order valence-corrected chi connectivity index (χ0v) is 21.8. The van der Waals surface area contributed by atoms with Crippen LogP contribution in [0.15, 0.2) is 78.9 Å². The lowest BCUT2D eigenvalue weighted by atomic mass is 9.70. The maximum atomic E-state index is 13.7. The zero-order chi connectivity index (χ0) is 26.8. The monoisotopic (exact) mass is 516 g/mol. The Morgan fingerprint density at radius 2 is 1.47 bits per heavy atom. The minimum absolute atomic E-state index is 0.0457. The lowest BCUT2D eigenvalue weighted by Crippen LogP contribution is -2.47. The number of ketones is 1. The molecule has 1 saturated carbocycles. The van der Waals surface area contributed by atoms with E-state index in [1.807, 2.05) is 30.3 Å². The zero-order valence-electron chi connectivity index (χ0n) is 21.8. The number of carbonyl (C=O) groups excluding carboxylic acids is 2. The molecule has 1 saturated heterocycles. The molecule has 2 aliphatic rings. The Labute approximate surface area is 223 Å². The molecular weight excluding hydrogens is 482 g/mol. The minimum atomic E-state index is -0.689. The molecule has 2 fully saturated rings. The van der Waals surface area contributed by atoms with Crippen LogP contribution in [-0.2, 0) is 26.8 Å². The van der Waals surface area contributed by atoms with E-state index in [9.17, 15) is 18.4 Å². The minimum Gasteiger partial charge on any atom is -0.355 e. The fourth-order valence-electron chi connectivity index (χ4n) is 6.22. The summed E-state index contributed by atoms with van der Waals surface area (Å²) in [5.74, 6) is -0.335. The van der Waals surface area contributed by atoms with Gasteiger partial charge in [0.25, 0.3) is 0 Å². The van der Waals surface area contributed by atoms with Gasteiger partial charge in [-0.3, -0.25) is 9.59 Å². The van der Waals surface area contributed by atoms with E-state index in [0.717, 1.165) is 49.2 Å². The topological polar surface area (TPSA) is 49.4 Å². The summed E-state index contributed by atoms with van der Waals surface area (Å²) in [7, 11) is 0. The van der Waals surface area contributed by atoms with Crippen LogP contribution in [0.4, 0.5) is 8.78 Å². The second-order valence-corrected chi connectivity index (χ2v) is 10.8. The molecule has 4 nitrogen and oxygen atoms in total. The highest BCUT2D eigenvalue weighted by Gasteiger charge is 2.61. The Bertz CT molecular complexity index is 1270. The van der Waals surface area contributed by atoms with Crippen molar-refractivity contribution in [3.63, 3.8) is 0 Å². The predicted octanol–water partition coefficient (Wildman–Crippen LogP) is 5.20. The molecule has 3 aromatic rings. The molecule has 0 radical (unpaired) electrons. The van der Waals surface area contributed by atoms with Crippen molar-refractivity contribution in [1.82, 2.24) is 10.2 Å². The highest BCUT2D eigenvalue weighted by atomic mass is 19.1. The Morgan fingerprint density at radius 1 is 0.868 bits per heavy atom. The summed E-state index contributed by atoms with van der Waals surface area (Å²) in [4.78, 5) is 28.7. The Morgan fingerprint density at radius 3 is 2.08 bits per heavy atom. The second-order valence-electron chi connectivity index (χ2n) is 10.8. The number of piperidine rings is 1. The summed E-state index contributed by atoms with van der Waals surface area (Å²) < 4.78 is 26.9. The maximum absolute atomic E-state index is 13.7.